The molecule has 0 saturated heterocycles. The normalized spacial score (nSPS) is 11.2. The first kappa shape index (κ1) is 22.8. The van der Waals surface area contributed by atoms with E-state index in [-0.39, 0.29) is 23.5 Å². The summed E-state index contributed by atoms with van der Waals surface area (Å²) < 4.78 is 33.8. The van der Waals surface area contributed by atoms with Crippen LogP contribution in [0.15, 0.2) is 94.5 Å². The molecular formula is C26H23NO4S2. The Morgan fingerprint density at radius 2 is 1.76 bits per heavy atom. The maximum atomic E-state index is 13.0. The molecule has 0 bridgehead atoms. The van der Waals surface area contributed by atoms with Gasteiger partial charge in [-0.25, -0.2) is 8.42 Å². The van der Waals surface area contributed by atoms with E-state index in [1.807, 2.05) is 47.2 Å². The number of hydrogen-bond donors (Lipinski definition) is 1. The number of rotatable bonds is 9. The highest BCUT2D eigenvalue weighted by Gasteiger charge is 2.19. The third-order valence-electron chi connectivity index (χ3n) is 5.17. The van der Waals surface area contributed by atoms with Gasteiger partial charge in [0, 0.05) is 18.5 Å². The van der Waals surface area contributed by atoms with Gasteiger partial charge in [-0.2, -0.15) is 11.3 Å². The molecule has 0 aliphatic heterocycles. The Kier molecular flexibility index (Phi) is 6.91. The lowest BCUT2D eigenvalue weighted by Gasteiger charge is -2.13. The number of thiophene rings is 1. The molecule has 33 heavy (non-hydrogen) atoms. The number of nitrogens with one attached hydrogen (secondary N) is 1. The minimum Gasteiger partial charge on any atom is -0.497 e. The van der Waals surface area contributed by atoms with Crippen molar-refractivity contribution in [3.63, 3.8) is 0 Å². The number of ketones is 1. The van der Waals surface area contributed by atoms with Crippen molar-refractivity contribution >= 4 is 32.8 Å². The Hall–Kier alpha value is -3.42. The predicted octanol–water partition coefficient (Wildman–Crippen LogP) is 5.58. The fraction of sp³-hybridized carbons (Fsp3) is 0.115. The molecule has 3 aromatic carbocycles. The molecule has 1 N–H and O–H groups in total. The van der Waals surface area contributed by atoms with E-state index in [0.29, 0.717) is 17.0 Å². The molecule has 4 aromatic rings. The second-order valence-corrected chi connectivity index (χ2v) is 10.0. The maximum absolute atomic E-state index is 13.0. The average molecular weight is 478 g/mol. The Balaban J connectivity index is 1.63. The number of sulfonamides is 1. The smallest absolute Gasteiger partial charge is 0.261 e. The molecule has 5 nitrogen and oxygen atoms in total. The highest BCUT2D eigenvalue weighted by atomic mass is 32.2. The molecule has 168 valence electrons. The zero-order chi connectivity index (χ0) is 23.3. The SMILES string of the molecule is COc1cccc(CC(=O)Cc2cc(S(=O)(=O)Nc3ccccc3)ccc2-c2ccsc2)c1. The van der Waals surface area contributed by atoms with Crippen LogP contribution >= 0.6 is 11.3 Å². The summed E-state index contributed by atoms with van der Waals surface area (Å²) in [6.45, 7) is 0. The summed E-state index contributed by atoms with van der Waals surface area (Å²) in [6, 6.07) is 23.0. The number of para-hydroxylation sites is 1. The van der Waals surface area contributed by atoms with Gasteiger partial charge in [-0.05, 0) is 75.5 Å². The molecule has 0 spiro atoms. The van der Waals surface area contributed by atoms with Crippen molar-refractivity contribution in [2.75, 3.05) is 11.8 Å². The first-order valence-electron chi connectivity index (χ1n) is 10.3. The lowest BCUT2D eigenvalue weighted by atomic mass is 9.96. The van der Waals surface area contributed by atoms with E-state index in [9.17, 15) is 13.2 Å². The van der Waals surface area contributed by atoms with E-state index < -0.39 is 10.0 Å². The molecule has 0 atom stereocenters. The highest BCUT2D eigenvalue weighted by Crippen LogP contribution is 2.29. The molecule has 0 aliphatic carbocycles. The van der Waals surface area contributed by atoms with Gasteiger partial charge < -0.3 is 4.74 Å². The topological polar surface area (TPSA) is 72.5 Å². The number of carbonyl (C=O) groups excluding carboxylic acids is 1. The maximum Gasteiger partial charge on any atom is 0.261 e. The van der Waals surface area contributed by atoms with Crippen LogP contribution in [0.25, 0.3) is 11.1 Å². The van der Waals surface area contributed by atoms with E-state index in [1.54, 1.807) is 60.9 Å². The molecule has 0 fully saturated rings. The summed E-state index contributed by atoms with van der Waals surface area (Å²) in [5.74, 6) is 0.685. The van der Waals surface area contributed by atoms with Crippen LogP contribution in [0.2, 0.25) is 0 Å². The van der Waals surface area contributed by atoms with Crippen LogP contribution in [0.1, 0.15) is 11.1 Å². The van der Waals surface area contributed by atoms with Crippen molar-refractivity contribution in [1.29, 1.82) is 0 Å². The fourth-order valence-electron chi connectivity index (χ4n) is 3.59. The number of Topliss-reactive ketones (excluding diaryl/α,β-unsaturated/α-hetero) is 1. The van der Waals surface area contributed by atoms with Crippen LogP contribution in [0.5, 0.6) is 5.75 Å². The number of ether oxygens (including phenoxy) is 1. The molecule has 0 radical (unpaired) electrons. The highest BCUT2D eigenvalue weighted by molar-refractivity contribution is 7.92. The molecule has 1 aromatic heterocycles. The molecule has 1 heterocycles. The van der Waals surface area contributed by atoms with Crippen molar-refractivity contribution in [2.45, 2.75) is 17.7 Å². The monoisotopic (exact) mass is 477 g/mol. The van der Waals surface area contributed by atoms with Gasteiger partial charge in [-0.3, -0.25) is 9.52 Å². The Labute approximate surface area is 197 Å². The summed E-state index contributed by atoms with van der Waals surface area (Å²) in [4.78, 5) is 13.1. The van der Waals surface area contributed by atoms with E-state index >= 15 is 0 Å². The minimum absolute atomic E-state index is 0.00898. The molecule has 0 aliphatic rings. The molecule has 0 unspecified atom stereocenters. The van der Waals surface area contributed by atoms with Gasteiger partial charge in [-0.1, -0.05) is 36.4 Å². The largest absolute Gasteiger partial charge is 0.497 e. The molecule has 7 heteroatoms. The zero-order valence-electron chi connectivity index (χ0n) is 18.0. The van der Waals surface area contributed by atoms with Gasteiger partial charge in [0.15, 0.2) is 0 Å². The molecule has 0 saturated carbocycles. The summed E-state index contributed by atoms with van der Waals surface area (Å²) in [5, 5.41) is 3.94. The number of carbonyl (C=O) groups is 1. The number of hydrogen-bond acceptors (Lipinski definition) is 5. The van der Waals surface area contributed by atoms with Crippen LogP contribution in [0, 0.1) is 0 Å². The van der Waals surface area contributed by atoms with E-state index in [0.717, 1.165) is 16.7 Å². The summed E-state index contributed by atoms with van der Waals surface area (Å²) in [7, 11) is -2.21. The lowest BCUT2D eigenvalue weighted by Crippen LogP contribution is -2.14. The van der Waals surface area contributed by atoms with Crippen molar-refractivity contribution in [2.24, 2.45) is 0 Å². The Morgan fingerprint density at radius 3 is 2.48 bits per heavy atom. The first-order chi connectivity index (χ1) is 15.9. The first-order valence-corrected chi connectivity index (χ1v) is 12.8. The van der Waals surface area contributed by atoms with Gasteiger partial charge in [0.05, 0.1) is 12.0 Å². The van der Waals surface area contributed by atoms with Crippen LogP contribution < -0.4 is 9.46 Å². The Morgan fingerprint density at radius 1 is 0.939 bits per heavy atom. The summed E-state index contributed by atoms with van der Waals surface area (Å²) in [6.07, 6.45) is 0.358. The number of anilines is 1. The van der Waals surface area contributed by atoms with Crippen LogP contribution in [0.4, 0.5) is 5.69 Å². The van der Waals surface area contributed by atoms with Gasteiger partial charge >= 0.3 is 0 Å². The van der Waals surface area contributed by atoms with E-state index in [4.69, 9.17) is 4.74 Å². The van der Waals surface area contributed by atoms with Crippen LogP contribution in [0.3, 0.4) is 0 Å². The third-order valence-corrected chi connectivity index (χ3v) is 7.23. The van der Waals surface area contributed by atoms with Crippen molar-refractivity contribution in [3.05, 3.63) is 101 Å². The van der Waals surface area contributed by atoms with Crippen LogP contribution in [-0.4, -0.2) is 21.3 Å². The fourth-order valence-corrected chi connectivity index (χ4v) is 5.35. The molecular weight excluding hydrogens is 454 g/mol. The average Bonchev–Trinajstić information content (AvgIpc) is 3.34. The van der Waals surface area contributed by atoms with Crippen molar-refractivity contribution in [3.8, 4) is 16.9 Å². The van der Waals surface area contributed by atoms with Gasteiger partial charge in [-0.15, -0.1) is 0 Å². The quantitative estimate of drug-likeness (QED) is 0.342. The predicted molar refractivity (Wildman–Crippen MR) is 132 cm³/mol. The van der Waals surface area contributed by atoms with E-state index in [2.05, 4.69) is 4.72 Å². The van der Waals surface area contributed by atoms with Gasteiger partial charge in [0.25, 0.3) is 10.0 Å². The lowest BCUT2D eigenvalue weighted by molar-refractivity contribution is -0.117. The standard InChI is InChI=1S/C26H23NO4S2/c1-31-24-9-5-6-19(15-24)14-23(28)16-21-17-25(10-11-26(21)20-12-13-32-18-20)33(29,30)27-22-7-3-2-4-8-22/h2-13,15,17-18,27H,14,16H2,1H3. The second kappa shape index (κ2) is 10.0. The zero-order valence-corrected chi connectivity index (χ0v) is 19.7. The summed E-state index contributed by atoms with van der Waals surface area (Å²) in [5.41, 5.74) is 3.83. The van der Waals surface area contributed by atoms with Crippen molar-refractivity contribution in [1.82, 2.24) is 0 Å². The molecule has 4 rings (SSSR count). The summed E-state index contributed by atoms with van der Waals surface area (Å²) >= 11 is 1.55. The number of benzene rings is 3. The minimum atomic E-state index is -3.80. The van der Waals surface area contributed by atoms with Crippen LogP contribution in [-0.2, 0) is 27.7 Å². The number of methoxy groups -OCH3 is 1. The molecule has 0 amide bonds. The van der Waals surface area contributed by atoms with E-state index in [1.165, 1.54) is 0 Å². The van der Waals surface area contributed by atoms with Gasteiger partial charge in [0.1, 0.15) is 11.5 Å². The van der Waals surface area contributed by atoms with Crippen molar-refractivity contribution < 1.29 is 17.9 Å². The Bertz CT molecular complexity index is 1350. The third kappa shape index (κ3) is 5.69. The second-order valence-electron chi connectivity index (χ2n) is 7.55. The van der Waals surface area contributed by atoms with Gasteiger partial charge in [0.2, 0.25) is 0 Å².